The first-order chi connectivity index (χ1) is 15.5. The average Bonchev–Trinajstić information content (AvgIpc) is 3.14. The Morgan fingerprint density at radius 1 is 0.938 bits per heavy atom. The van der Waals surface area contributed by atoms with E-state index in [1.807, 2.05) is 78.9 Å². The molecule has 1 aliphatic carbocycles. The molecule has 3 aromatic rings. The van der Waals surface area contributed by atoms with Crippen LogP contribution in [0.15, 0.2) is 78.9 Å². The molecule has 4 N–H and O–H groups in total. The van der Waals surface area contributed by atoms with Crippen LogP contribution in [0.25, 0.3) is 11.1 Å². The summed E-state index contributed by atoms with van der Waals surface area (Å²) in [6, 6.07) is 24.9. The van der Waals surface area contributed by atoms with Gasteiger partial charge in [-0.05, 0) is 34.2 Å². The van der Waals surface area contributed by atoms with Gasteiger partial charge in [-0.15, -0.1) is 0 Å². The van der Waals surface area contributed by atoms with E-state index in [4.69, 9.17) is 5.21 Å². The molecule has 3 aromatic carbocycles. The Balaban J connectivity index is 1.54. The van der Waals surface area contributed by atoms with Crippen molar-refractivity contribution in [3.63, 3.8) is 0 Å². The van der Waals surface area contributed by atoms with Gasteiger partial charge in [0.15, 0.2) is 0 Å². The van der Waals surface area contributed by atoms with Crippen molar-refractivity contribution in [1.82, 2.24) is 10.8 Å². The van der Waals surface area contributed by atoms with Crippen molar-refractivity contribution in [1.29, 1.82) is 0 Å². The van der Waals surface area contributed by atoms with E-state index in [-0.39, 0.29) is 12.3 Å². The molecule has 6 heteroatoms. The van der Waals surface area contributed by atoms with Gasteiger partial charge < -0.3 is 10.4 Å². The fourth-order valence-electron chi connectivity index (χ4n) is 4.34. The van der Waals surface area contributed by atoms with Gasteiger partial charge in [-0.2, -0.15) is 0 Å². The molecule has 0 saturated heterocycles. The van der Waals surface area contributed by atoms with Gasteiger partial charge in [-0.1, -0.05) is 78.9 Å². The molecule has 0 fully saturated rings. The van der Waals surface area contributed by atoms with Gasteiger partial charge in [-0.3, -0.25) is 14.8 Å². The van der Waals surface area contributed by atoms with E-state index in [1.165, 1.54) is 0 Å². The third kappa shape index (κ3) is 4.88. The number of carbonyl (C=O) groups excluding carboxylic acids is 2. The van der Waals surface area contributed by atoms with Crippen molar-refractivity contribution < 1.29 is 19.9 Å². The summed E-state index contributed by atoms with van der Waals surface area (Å²) in [4.78, 5) is 25.1. The smallest absolute Gasteiger partial charge is 0.244 e. The monoisotopic (exact) mass is 430 g/mol. The quantitative estimate of drug-likeness (QED) is 0.342. The molecule has 4 rings (SSSR count). The molecule has 0 heterocycles. The first-order valence-corrected chi connectivity index (χ1v) is 10.7. The largest absolute Gasteiger partial charge is 0.390 e. The minimum atomic E-state index is -0.718. The number of hydrogen-bond acceptors (Lipinski definition) is 4. The Morgan fingerprint density at radius 2 is 1.66 bits per heavy atom. The second kappa shape index (κ2) is 9.77. The minimum absolute atomic E-state index is 0.164. The summed E-state index contributed by atoms with van der Waals surface area (Å²) in [6.45, 7) is 0. The van der Waals surface area contributed by atoms with E-state index < -0.39 is 24.0 Å². The highest BCUT2D eigenvalue weighted by atomic mass is 16.5. The van der Waals surface area contributed by atoms with E-state index in [0.717, 1.165) is 27.8 Å². The third-order valence-electron chi connectivity index (χ3n) is 5.95. The summed E-state index contributed by atoms with van der Waals surface area (Å²) in [5.41, 5.74) is 6.51. The van der Waals surface area contributed by atoms with Gasteiger partial charge >= 0.3 is 0 Å². The highest BCUT2D eigenvalue weighted by Crippen LogP contribution is 2.32. The molecule has 32 heavy (non-hydrogen) atoms. The second-order valence-corrected chi connectivity index (χ2v) is 8.16. The van der Waals surface area contributed by atoms with Crippen molar-refractivity contribution >= 4 is 11.8 Å². The van der Waals surface area contributed by atoms with Crippen molar-refractivity contribution in [3.8, 4) is 11.1 Å². The van der Waals surface area contributed by atoms with E-state index in [9.17, 15) is 14.7 Å². The van der Waals surface area contributed by atoms with Gasteiger partial charge in [0.25, 0.3) is 0 Å². The maximum absolute atomic E-state index is 13.2. The van der Waals surface area contributed by atoms with Crippen molar-refractivity contribution in [2.45, 2.75) is 31.4 Å². The molecule has 0 aromatic heterocycles. The maximum atomic E-state index is 13.2. The Kier molecular flexibility index (Phi) is 6.63. The highest BCUT2D eigenvalue weighted by molar-refractivity contribution is 5.86. The molecule has 0 radical (unpaired) electrons. The van der Waals surface area contributed by atoms with Crippen molar-refractivity contribution in [2.24, 2.45) is 5.92 Å². The number of carbonyl (C=O) groups is 2. The maximum Gasteiger partial charge on any atom is 0.244 e. The van der Waals surface area contributed by atoms with Crippen molar-refractivity contribution in [3.05, 3.63) is 95.6 Å². The van der Waals surface area contributed by atoms with Gasteiger partial charge in [-0.25, -0.2) is 5.48 Å². The zero-order valence-electron chi connectivity index (χ0n) is 17.6. The number of amides is 2. The lowest BCUT2D eigenvalue weighted by Gasteiger charge is -2.22. The number of rotatable bonds is 7. The van der Waals surface area contributed by atoms with E-state index in [1.54, 1.807) is 5.48 Å². The molecular weight excluding hydrogens is 404 g/mol. The minimum Gasteiger partial charge on any atom is -0.390 e. The molecule has 0 saturated carbocycles. The predicted octanol–water partition coefficient (Wildman–Crippen LogP) is 3.18. The van der Waals surface area contributed by atoms with Gasteiger partial charge in [0.05, 0.1) is 18.1 Å². The van der Waals surface area contributed by atoms with Crippen LogP contribution in [0.3, 0.4) is 0 Å². The van der Waals surface area contributed by atoms with Crippen LogP contribution in [0.1, 0.15) is 29.2 Å². The van der Waals surface area contributed by atoms with Gasteiger partial charge in [0.2, 0.25) is 11.8 Å². The summed E-state index contributed by atoms with van der Waals surface area (Å²) in [7, 11) is 0. The SMILES string of the molecule is O=C(CC(Cc1cccc(-c2ccccc2)c1)C(=O)NC1c2ccccc2CC1O)NO. The molecule has 164 valence electrons. The van der Waals surface area contributed by atoms with Crippen LogP contribution in [0, 0.1) is 5.92 Å². The number of hydroxylamine groups is 1. The lowest BCUT2D eigenvalue weighted by atomic mass is 9.92. The number of hydrogen-bond donors (Lipinski definition) is 4. The summed E-state index contributed by atoms with van der Waals surface area (Å²) in [5, 5.41) is 22.4. The molecule has 0 bridgehead atoms. The van der Waals surface area contributed by atoms with Gasteiger partial charge in [0, 0.05) is 12.8 Å². The number of aliphatic hydroxyl groups excluding tert-OH is 1. The van der Waals surface area contributed by atoms with Crippen LogP contribution in [0.2, 0.25) is 0 Å². The molecule has 2 amide bonds. The van der Waals surface area contributed by atoms with Crippen LogP contribution in [0.5, 0.6) is 0 Å². The summed E-state index contributed by atoms with van der Waals surface area (Å²) < 4.78 is 0. The molecule has 6 nitrogen and oxygen atoms in total. The molecule has 1 aliphatic rings. The zero-order valence-corrected chi connectivity index (χ0v) is 17.6. The second-order valence-electron chi connectivity index (χ2n) is 8.16. The fraction of sp³-hybridized carbons (Fsp3) is 0.231. The molecule has 0 spiro atoms. The summed E-state index contributed by atoms with van der Waals surface area (Å²) in [5.74, 6) is -1.66. The number of fused-ring (bicyclic) bond motifs is 1. The van der Waals surface area contributed by atoms with Crippen molar-refractivity contribution in [2.75, 3.05) is 0 Å². The van der Waals surface area contributed by atoms with Crippen LogP contribution in [0.4, 0.5) is 0 Å². The summed E-state index contributed by atoms with van der Waals surface area (Å²) in [6.07, 6.45) is -0.0838. The third-order valence-corrected chi connectivity index (χ3v) is 5.95. The lowest BCUT2D eigenvalue weighted by molar-refractivity contribution is -0.135. The van der Waals surface area contributed by atoms with E-state index >= 15 is 0 Å². The normalized spacial score (nSPS) is 17.9. The molecule has 0 aliphatic heterocycles. The Hall–Kier alpha value is -3.48. The molecule has 3 atom stereocenters. The van der Waals surface area contributed by atoms with Crippen LogP contribution in [-0.2, 0) is 22.4 Å². The first kappa shape index (κ1) is 21.7. The predicted molar refractivity (Wildman–Crippen MR) is 121 cm³/mol. The number of nitrogens with one attached hydrogen (secondary N) is 2. The highest BCUT2D eigenvalue weighted by Gasteiger charge is 2.34. The van der Waals surface area contributed by atoms with Crippen LogP contribution < -0.4 is 10.8 Å². The van der Waals surface area contributed by atoms with E-state index in [0.29, 0.717) is 12.8 Å². The summed E-state index contributed by atoms with van der Waals surface area (Å²) >= 11 is 0. The number of benzene rings is 3. The number of aliphatic hydroxyl groups is 1. The Bertz CT molecular complexity index is 1100. The van der Waals surface area contributed by atoms with E-state index in [2.05, 4.69) is 5.32 Å². The van der Waals surface area contributed by atoms with Crippen LogP contribution in [-0.4, -0.2) is 28.2 Å². The Morgan fingerprint density at radius 3 is 2.44 bits per heavy atom. The lowest BCUT2D eigenvalue weighted by Crippen LogP contribution is -2.40. The van der Waals surface area contributed by atoms with Gasteiger partial charge in [0.1, 0.15) is 0 Å². The van der Waals surface area contributed by atoms with Crippen LogP contribution >= 0.6 is 0 Å². The topological polar surface area (TPSA) is 98.7 Å². The average molecular weight is 431 g/mol. The Labute approximate surface area is 186 Å². The zero-order chi connectivity index (χ0) is 22.5. The molecular formula is C26H26N2O4. The molecule has 3 unspecified atom stereocenters. The standard InChI is InChI=1S/C26H26N2O4/c29-23-15-20-10-4-5-12-22(20)25(23)27-26(31)21(16-24(30)28-32)14-17-7-6-11-19(13-17)18-8-2-1-3-9-18/h1-13,21,23,25,29,32H,14-16H2,(H,27,31)(H,28,30). The fourth-order valence-corrected chi connectivity index (χ4v) is 4.34. The first-order valence-electron chi connectivity index (χ1n) is 10.7.